The zero-order valence-corrected chi connectivity index (χ0v) is 16.0. The zero-order chi connectivity index (χ0) is 16.7. The highest BCUT2D eigenvalue weighted by molar-refractivity contribution is 9.10. The van der Waals surface area contributed by atoms with Gasteiger partial charge >= 0.3 is 0 Å². The minimum absolute atomic E-state index is 0.0720. The molecule has 0 atom stereocenters. The van der Waals surface area contributed by atoms with Crippen LogP contribution in [0.3, 0.4) is 0 Å². The molecule has 0 aliphatic rings. The van der Waals surface area contributed by atoms with E-state index in [1.54, 1.807) is 11.8 Å². The fourth-order valence-electron chi connectivity index (χ4n) is 2.42. The number of amides is 1. The fourth-order valence-corrected chi connectivity index (χ4v) is 3.47. The molecule has 0 aliphatic heterocycles. The summed E-state index contributed by atoms with van der Waals surface area (Å²) in [6.07, 6.45) is 1.85. The van der Waals surface area contributed by atoms with Crippen molar-refractivity contribution in [2.24, 2.45) is 0 Å². The van der Waals surface area contributed by atoms with Gasteiger partial charge in [0.2, 0.25) is 5.91 Å². The number of nitrogens with one attached hydrogen (secondary N) is 1. The van der Waals surface area contributed by atoms with Crippen molar-refractivity contribution >= 4 is 39.3 Å². The minimum Gasteiger partial charge on any atom is -0.325 e. The van der Waals surface area contributed by atoms with Gasteiger partial charge in [0.25, 0.3) is 0 Å². The number of thioether (sulfide) groups is 1. The number of carbonyl (C=O) groups is 1. The van der Waals surface area contributed by atoms with Crippen LogP contribution in [-0.4, -0.2) is 11.7 Å². The van der Waals surface area contributed by atoms with Crippen LogP contribution in [0.15, 0.2) is 46.9 Å². The molecule has 0 radical (unpaired) electrons. The maximum Gasteiger partial charge on any atom is 0.234 e. The number of hydrogen-bond acceptors (Lipinski definition) is 2. The number of rotatable bonds is 7. The van der Waals surface area contributed by atoms with Gasteiger partial charge < -0.3 is 5.32 Å². The number of anilines is 1. The molecule has 0 unspecified atom stereocenters. The molecule has 0 saturated heterocycles. The molecule has 2 rings (SSSR count). The van der Waals surface area contributed by atoms with Gasteiger partial charge in [0.1, 0.15) is 0 Å². The van der Waals surface area contributed by atoms with Gasteiger partial charge in [-0.25, -0.2) is 0 Å². The van der Waals surface area contributed by atoms with E-state index in [2.05, 4.69) is 65.4 Å². The molecule has 0 aliphatic carbocycles. The minimum atomic E-state index is 0.0720. The third-order valence-electron chi connectivity index (χ3n) is 3.68. The van der Waals surface area contributed by atoms with Crippen LogP contribution in [-0.2, 0) is 23.4 Å². The number of aryl methyl sites for hydroxylation is 2. The van der Waals surface area contributed by atoms with Gasteiger partial charge in [0, 0.05) is 15.9 Å². The molecule has 2 aromatic rings. The van der Waals surface area contributed by atoms with Crippen LogP contribution >= 0.6 is 27.7 Å². The van der Waals surface area contributed by atoms with Gasteiger partial charge in [-0.2, -0.15) is 0 Å². The zero-order valence-electron chi connectivity index (χ0n) is 13.6. The lowest BCUT2D eigenvalue weighted by atomic mass is 10.0. The molecule has 4 heteroatoms. The molecule has 23 heavy (non-hydrogen) atoms. The molecular formula is C19H22BrNOS. The fraction of sp³-hybridized carbons (Fsp3) is 0.316. The second-order valence-electron chi connectivity index (χ2n) is 5.33. The van der Waals surface area contributed by atoms with Crippen molar-refractivity contribution in [2.75, 3.05) is 11.1 Å². The van der Waals surface area contributed by atoms with Gasteiger partial charge in [-0.05, 0) is 41.7 Å². The van der Waals surface area contributed by atoms with Crippen LogP contribution < -0.4 is 5.32 Å². The summed E-state index contributed by atoms with van der Waals surface area (Å²) in [7, 11) is 0. The molecule has 1 N–H and O–H groups in total. The Balaban J connectivity index is 1.91. The predicted octanol–water partition coefficient (Wildman–Crippen LogP) is 5.45. The van der Waals surface area contributed by atoms with Crippen molar-refractivity contribution in [3.8, 4) is 0 Å². The van der Waals surface area contributed by atoms with Crippen molar-refractivity contribution in [3.63, 3.8) is 0 Å². The van der Waals surface area contributed by atoms with Gasteiger partial charge in [0.15, 0.2) is 0 Å². The number of hydrogen-bond donors (Lipinski definition) is 1. The van der Waals surface area contributed by atoms with E-state index in [4.69, 9.17) is 0 Å². The summed E-state index contributed by atoms with van der Waals surface area (Å²) >= 11 is 5.07. The number of halogens is 1. The molecular weight excluding hydrogens is 370 g/mol. The summed E-state index contributed by atoms with van der Waals surface area (Å²) in [4.78, 5) is 12.3. The van der Waals surface area contributed by atoms with Gasteiger partial charge in [0.05, 0.1) is 5.75 Å². The topological polar surface area (TPSA) is 29.1 Å². The number of benzene rings is 2. The highest BCUT2D eigenvalue weighted by Crippen LogP contribution is 2.23. The standard InChI is InChI=1S/C19H22BrNOS/c1-3-15-6-5-7-16(4-2)19(15)21-18(22)13-23-12-14-8-10-17(20)11-9-14/h5-11H,3-4,12-13H2,1-2H3,(H,21,22). The smallest absolute Gasteiger partial charge is 0.234 e. The van der Waals surface area contributed by atoms with Gasteiger partial charge in [-0.15, -0.1) is 11.8 Å². The third kappa shape index (κ3) is 5.40. The first-order chi connectivity index (χ1) is 11.1. The second kappa shape index (κ2) is 9.14. The monoisotopic (exact) mass is 391 g/mol. The van der Waals surface area contributed by atoms with Crippen LogP contribution in [0, 0.1) is 0 Å². The Kier molecular flexibility index (Phi) is 7.18. The summed E-state index contributed by atoms with van der Waals surface area (Å²) in [5.41, 5.74) is 4.65. The van der Waals surface area contributed by atoms with Crippen LogP contribution in [0.2, 0.25) is 0 Å². The van der Waals surface area contributed by atoms with Crippen LogP contribution in [0.5, 0.6) is 0 Å². The Labute approximate surface area is 151 Å². The van der Waals surface area contributed by atoms with Crippen molar-refractivity contribution in [2.45, 2.75) is 32.4 Å². The second-order valence-corrected chi connectivity index (χ2v) is 7.23. The Morgan fingerprint density at radius 1 is 1.04 bits per heavy atom. The first-order valence-corrected chi connectivity index (χ1v) is 9.81. The predicted molar refractivity (Wildman–Crippen MR) is 104 cm³/mol. The number of carbonyl (C=O) groups excluding carboxylic acids is 1. The Morgan fingerprint density at radius 3 is 2.22 bits per heavy atom. The highest BCUT2D eigenvalue weighted by Gasteiger charge is 2.10. The highest BCUT2D eigenvalue weighted by atomic mass is 79.9. The summed E-state index contributed by atoms with van der Waals surface area (Å²) < 4.78 is 1.08. The quantitative estimate of drug-likeness (QED) is 0.679. The van der Waals surface area contributed by atoms with E-state index >= 15 is 0 Å². The Morgan fingerprint density at radius 2 is 1.65 bits per heavy atom. The third-order valence-corrected chi connectivity index (χ3v) is 5.21. The van der Waals surface area contributed by atoms with E-state index in [1.807, 2.05) is 12.1 Å². The van der Waals surface area contributed by atoms with E-state index in [-0.39, 0.29) is 5.91 Å². The molecule has 122 valence electrons. The van der Waals surface area contributed by atoms with Crippen molar-refractivity contribution in [1.82, 2.24) is 0 Å². The van der Waals surface area contributed by atoms with E-state index in [1.165, 1.54) is 16.7 Å². The van der Waals surface area contributed by atoms with Gasteiger partial charge in [-0.3, -0.25) is 4.79 Å². The summed E-state index contributed by atoms with van der Waals surface area (Å²) in [6, 6.07) is 14.5. The normalized spacial score (nSPS) is 10.6. The average molecular weight is 392 g/mol. The Hall–Kier alpha value is -1.26. The molecule has 1 amide bonds. The van der Waals surface area contributed by atoms with Crippen LogP contribution in [0.25, 0.3) is 0 Å². The summed E-state index contributed by atoms with van der Waals surface area (Å²) in [6.45, 7) is 4.24. The Bertz CT molecular complexity index is 633. The summed E-state index contributed by atoms with van der Waals surface area (Å²) in [5, 5.41) is 3.11. The average Bonchev–Trinajstić information content (AvgIpc) is 2.57. The molecule has 0 aromatic heterocycles. The van der Waals surface area contributed by atoms with E-state index in [9.17, 15) is 4.79 Å². The summed E-state index contributed by atoms with van der Waals surface area (Å²) in [5.74, 6) is 1.39. The molecule has 2 nitrogen and oxygen atoms in total. The SMILES string of the molecule is CCc1cccc(CC)c1NC(=O)CSCc1ccc(Br)cc1. The lowest BCUT2D eigenvalue weighted by Crippen LogP contribution is -2.16. The molecule has 0 spiro atoms. The molecule has 0 fully saturated rings. The molecule has 2 aromatic carbocycles. The molecule has 0 saturated carbocycles. The lowest BCUT2D eigenvalue weighted by Gasteiger charge is -2.14. The van der Waals surface area contributed by atoms with Crippen molar-refractivity contribution in [1.29, 1.82) is 0 Å². The van der Waals surface area contributed by atoms with Gasteiger partial charge in [-0.1, -0.05) is 60.1 Å². The molecule has 0 bridgehead atoms. The van der Waals surface area contributed by atoms with E-state index in [0.717, 1.165) is 28.8 Å². The first-order valence-electron chi connectivity index (χ1n) is 7.86. The van der Waals surface area contributed by atoms with Crippen molar-refractivity contribution in [3.05, 3.63) is 63.6 Å². The first kappa shape index (κ1) is 18.1. The van der Waals surface area contributed by atoms with Crippen molar-refractivity contribution < 1.29 is 4.79 Å². The van der Waals surface area contributed by atoms with Crippen LogP contribution in [0.1, 0.15) is 30.5 Å². The van der Waals surface area contributed by atoms with E-state index in [0.29, 0.717) is 5.75 Å². The molecule has 0 heterocycles. The van der Waals surface area contributed by atoms with Crippen LogP contribution in [0.4, 0.5) is 5.69 Å². The largest absolute Gasteiger partial charge is 0.325 e. The van der Waals surface area contributed by atoms with E-state index < -0.39 is 0 Å². The maximum absolute atomic E-state index is 12.3. The lowest BCUT2D eigenvalue weighted by molar-refractivity contribution is -0.113. The maximum atomic E-state index is 12.3. The number of para-hydroxylation sites is 1.